The average molecular weight is 503 g/mol. The smallest absolute Gasteiger partial charge is 0.225 e. The second-order valence-corrected chi connectivity index (χ2v) is 10.7. The van der Waals surface area contributed by atoms with E-state index >= 15 is 0 Å². The minimum absolute atomic E-state index is 0.0139. The number of thiazole rings is 1. The number of aromatic nitrogens is 4. The molecule has 190 valence electrons. The molecule has 35 heavy (non-hydrogen) atoms. The molecule has 0 bridgehead atoms. The largest absolute Gasteiger partial charge is 0.390 e. The molecule has 1 saturated carbocycles. The molecular weight excluding hydrogens is 468 g/mol. The Morgan fingerprint density at radius 3 is 2.66 bits per heavy atom. The van der Waals surface area contributed by atoms with E-state index < -0.39 is 29.8 Å². The molecule has 1 aliphatic carbocycles. The Morgan fingerprint density at radius 1 is 1.23 bits per heavy atom. The van der Waals surface area contributed by atoms with Crippen LogP contribution in [-0.4, -0.2) is 78.4 Å². The van der Waals surface area contributed by atoms with Gasteiger partial charge in [0, 0.05) is 24.8 Å². The van der Waals surface area contributed by atoms with Gasteiger partial charge in [-0.1, -0.05) is 0 Å². The lowest BCUT2D eigenvalue weighted by molar-refractivity contribution is -0.0601. The van der Waals surface area contributed by atoms with E-state index in [4.69, 9.17) is 14.7 Å². The first-order valence-corrected chi connectivity index (χ1v) is 12.7. The number of hydrogen-bond donors (Lipinski definition) is 5. The number of nitrogens with one attached hydrogen (secondary N) is 2. The van der Waals surface area contributed by atoms with Crippen LogP contribution in [0.4, 0.5) is 11.8 Å². The van der Waals surface area contributed by atoms with Gasteiger partial charge in [-0.05, 0) is 47.1 Å². The number of aliphatic hydroxyl groups is 3. The summed E-state index contributed by atoms with van der Waals surface area (Å²) in [6.45, 7) is 10.2. The molecule has 11 heteroatoms. The van der Waals surface area contributed by atoms with Crippen molar-refractivity contribution in [2.75, 3.05) is 23.8 Å². The minimum Gasteiger partial charge on any atom is -0.390 e. The van der Waals surface area contributed by atoms with Crippen LogP contribution in [0.1, 0.15) is 39.8 Å². The third kappa shape index (κ3) is 5.54. The van der Waals surface area contributed by atoms with Crippen LogP contribution in [0.15, 0.2) is 18.5 Å². The van der Waals surface area contributed by atoms with Gasteiger partial charge in [0.15, 0.2) is 0 Å². The van der Waals surface area contributed by atoms with Crippen LogP contribution in [0.25, 0.3) is 20.8 Å². The number of fused-ring (bicyclic) bond motifs is 1. The van der Waals surface area contributed by atoms with Crippen molar-refractivity contribution >= 4 is 33.3 Å². The van der Waals surface area contributed by atoms with E-state index in [2.05, 4.69) is 20.6 Å². The molecule has 4 rings (SSSR count). The Hall–Kier alpha value is -2.44. The zero-order valence-electron chi connectivity index (χ0n) is 20.7. The van der Waals surface area contributed by atoms with E-state index in [0.717, 1.165) is 20.8 Å². The summed E-state index contributed by atoms with van der Waals surface area (Å²) in [4.78, 5) is 18.3. The van der Waals surface area contributed by atoms with Crippen LogP contribution in [0.3, 0.4) is 0 Å². The molecule has 5 atom stereocenters. The van der Waals surface area contributed by atoms with E-state index in [0.29, 0.717) is 37.1 Å². The first kappa shape index (κ1) is 25.6. The fourth-order valence-electron chi connectivity index (χ4n) is 4.50. The average Bonchev–Trinajstić information content (AvgIpc) is 3.33. The van der Waals surface area contributed by atoms with Crippen molar-refractivity contribution in [1.29, 1.82) is 0 Å². The molecular formula is C24H34N6O4S. The summed E-state index contributed by atoms with van der Waals surface area (Å²) < 4.78 is 6.49. The lowest BCUT2D eigenvalue weighted by Gasteiger charge is -2.28. The fourth-order valence-corrected chi connectivity index (χ4v) is 5.53. The van der Waals surface area contributed by atoms with Crippen molar-refractivity contribution in [3.8, 4) is 10.6 Å². The minimum atomic E-state index is -1.14. The SMILES string of the molecule is CCOC[C@@H](C)Nc1nc(C)c(-c2nc3cnccc3s2)c(NC2C[C@H](C(C)(C)O)[C@@H](O)[C@H]2O)n1. The second-order valence-electron chi connectivity index (χ2n) is 9.65. The summed E-state index contributed by atoms with van der Waals surface area (Å²) in [5.41, 5.74) is 1.09. The number of aryl methyl sites for hydroxylation is 1. The van der Waals surface area contributed by atoms with Gasteiger partial charge in [-0.15, -0.1) is 11.3 Å². The highest BCUT2D eigenvalue weighted by atomic mass is 32.1. The number of hydrogen-bond acceptors (Lipinski definition) is 11. The number of ether oxygens (including phenoxy) is 1. The van der Waals surface area contributed by atoms with Crippen molar-refractivity contribution in [3.63, 3.8) is 0 Å². The lowest BCUT2D eigenvalue weighted by atomic mass is 9.88. The van der Waals surface area contributed by atoms with Gasteiger partial charge in [-0.25, -0.2) is 9.97 Å². The number of pyridine rings is 1. The molecule has 3 aromatic rings. The topological polar surface area (TPSA) is 146 Å². The highest BCUT2D eigenvalue weighted by Crippen LogP contribution is 2.40. The summed E-state index contributed by atoms with van der Waals surface area (Å²) >= 11 is 1.51. The molecule has 0 spiro atoms. The molecule has 0 amide bonds. The maximum atomic E-state index is 10.8. The van der Waals surface area contributed by atoms with Gasteiger partial charge in [0.2, 0.25) is 5.95 Å². The number of rotatable bonds is 9. The second kappa shape index (κ2) is 10.3. The summed E-state index contributed by atoms with van der Waals surface area (Å²) in [6, 6.07) is 1.38. The molecule has 1 aliphatic rings. The molecule has 3 aromatic heterocycles. The predicted octanol–water partition coefficient (Wildman–Crippen LogP) is 2.59. The molecule has 0 saturated heterocycles. The van der Waals surface area contributed by atoms with Crippen molar-refractivity contribution in [2.24, 2.45) is 5.92 Å². The third-order valence-corrected chi connectivity index (χ3v) is 7.41. The third-order valence-electron chi connectivity index (χ3n) is 6.35. The molecule has 10 nitrogen and oxygen atoms in total. The first-order chi connectivity index (χ1) is 16.6. The van der Waals surface area contributed by atoms with E-state index in [1.807, 2.05) is 26.8 Å². The number of aliphatic hydroxyl groups excluding tert-OH is 2. The summed E-state index contributed by atoms with van der Waals surface area (Å²) in [7, 11) is 0. The Labute approximate surface area is 208 Å². The van der Waals surface area contributed by atoms with Gasteiger partial charge in [-0.2, -0.15) is 4.98 Å². The van der Waals surface area contributed by atoms with Crippen LogP contribution in [0.2, 0.25) is 0 Å². The summed E-state index contributed by atoms with van der Waals surface area (Å²) in [6.07, 6.45) is 1.70. The zero-order valence-corrected chi connectivity index (χ0v) is 21.5. The quantitative estimate of drug-likeness (QED) is 0.296. The van der Waals surface area contributed by atoms with E-state index in [1.54, 1.807) is 26.2 Å². The molecule has 0 aliphatic heterocycles. The molecule has 1 fully saturated rings. The highest BCUT2D eigenvalue weighted by Gasteiger charge is 2.48. The Morgan fingerprint density at radius 2 is 2.00 bits per heavy atom. The molecule has 3 heterocycles. The first-order valence-electron chi connectivity index (χ1n) is 11.9. The number of anilines is 2. The fraction of sp³-hybridized carbons (Fsp3) is 0.583. The maximum Gasteiger partial charge on any atom is 0.225 e. The van der Waals surface area contributed by atoms with Gasteiger partial charge in [0.1, 0.15) is 22.4 Å². The standard InChI is InChI=1S/C24H34N6O4S/c1-6-34-11-12(2)26-23-27-13(3)18(22-29-16-10-25-8-7-17(16)35-22)21(30-23)28-15-9-14(24(4,5)33)19(31)20(15)32/h7-8,10,12,14-15,19-20,31-33H,6,9,11H2,1-5H3,(H2,26,27,28,30)/t12-,14+,15?,19-,20+/m1/s1. The van der Waals surface area contributed by atoms with E-state index in [9.17, 15) is 15.3 Å². The van der Waals surface area contributed by atoms with Gasteiger partial charge in [-0.3, -0.25) is 4.98 Å². The van der Waals surface area contributed by atoms with Gasteiger partial charge in [0.25, 0.3) is 0 Å². The summed E-state index contributed by atoms with van der Waals surface area (Å²) in [5, 5.41) is 39.2. The van der Waals surface area contributed by atoms with Crippen LogP contribution < -0.4 is 10.6 Å². The molecule has 1 unspecified atom stereocenters. The lowest BCUT2D eigenvalue weighted by Crippen LogP contribution is -2.40. The monoisotopic (exact) mass is 502 g/mol. The van der Waals surface area contributed by atoms with Crippen molar-refractivity contribution in [1.82, 2.24) is 19.9 Å². The van der Waals surface area contributed by atoms with Crippen molar-refractivity contribution in [3.05, 3.63) is 24.2 Å². The zero-order chi connectivity index (χ0) is 25.3. The molecule has 5 N–H and O–H groups in total. The van der Waals surface area contributed by atoms with Gasteiger partial charge < -0.3 is 30.7 Å². The van der Waals surface area contributed by atoms with Gasteiger partial charge in [0.05, 0.1) is 46.5 Å². The highest BCUT2D eigenvalue weighted by molar-refractivity contribution is 7.21. The van der Waals surface area contributed by atoms with Gasteiger partial charge >= 0.3 is 0 Å². The Bertz CT molecular complexity index is 1130. The van der Waals surface area contributed by atoms with Crippen molar-refractivity contribution in [2.45, 2.75) is 70.9 Å². The molecule has 0 aromatic carbocycles. The Balaban J connectivity index is 1.72. The number of nitrogens with zero attached hydrogens (tertiary/aromatic N) is 4. The van der Waals surface area contributed by atoms with Crippen LogP contribution in [0, 0.1) is 12.8 Å². The van der Waals surface area contributed by atoms with Crippen molar-refractivity contribution < 1.29 is 20.1 Å². The maximum absolute atomic E-state index is 10.8. The molecule has 0 radical (unpaired) electrons. The van der Waals surface area contributed by atoms with Crippen LogP contribution >= 0.6 is 11.3 Å². The van der Waals surface area contributed by atoms with E-state index in [-0.39, 0.29) is 6.04 Å². The normalized spacial score (nSPS) is 23.5. The van der Waals surface area contributed by atoms with Crippen LogP contribution in [-0.2, 0) is 4.74 Å². The summed E-state index contributed by atoms with van der Waals surface area (Å²) in [5.74, 6) is 0.442. The Kier molecular flexibility index (Phi) is 7.53. The van der Waals surface area contributed by atoms with Crippen LogP contribution in [0.5, 0.6) is 0 Å². The predicted molar refractivity (Wildman–Crippen MR) is 137 cm³/mol. The van der Waals surface area contributed by atoms with E-state index in [1.165, 1.54) is 11.3 Å².